The van der Waals surface area contributed by atoms with Crippen molar-refractivity contribution < 1.29 is 18.7 Å². The van der Waals surface area contributed by atoms with Crippen LogP contribution in [0.3, 0.4) is 0 Å². The molecule has 0 radical (unpaired) electrons. The lowest BCUT2D eigenvalue weighted by Gasteiger charge is -2.35. The topological polar surface area (TPSA) is 49.9 Å². The van der Waals surface area contributed by atoms with E-state index in [1.54, 1.807) is 41.0 Å². The van der Waals surface area contributed by atoms with Gasteiger partial charge in [-0.05, 0) is 39.8 Å². The van der Waals surface area contributed by atoms with E-state index in [9.17, 15) is 14.0 Å². The second-order valence-electron chi connectivity index (χ2n) is 7.11. The summed E-state index contributed by atoms with van der Waals surface area (Å²) in [6, 6.07) is 6.34. The molecule has 2 rings (SSSR count). The van der Waals surface area contributed by atoms with E-state index in [4.69, 9.17) is 4.74 Å². The van der Waals surface area contributed by atoms with Crippen molar-refractivity contribution in [1.82, 2.24) is 9.80 Å². The molecule has 1 heterocycles. The highest BCUT2D eigenvalue weighted by Crippen LogP contribution is 2.15. The Morgan fingerprint density at radius 2 is 1.64 bits per heavy atom. The quantitative estimate of drug-likeness (QED) is 0.771. The van der Waals surface area contributed by atoms with Crippen LogP contribution >= 0.6 is 0 Å². The predicted molar refractivity (Wildman–Crippen MR) is 94.4 cm³/mol. The van der Waals surface area contributed by atoms with Crippen molar-refractivity contribution in [2.24, 2.45) is 0 Å². The van der Waals surface area contributed by atoms with Gasteiger partial charge in [-0.2, -0.15) is 0 Å². The molecule has 0 N–H and O–H groups in total. The van der Waals surface area contributed by atoms with Crippen LogP contribution in [0.1, 0.15) is 33.3 Å². The number of ether oxygens (including phenoxy) is 1. The van der Waals surface area contributed by atoms with E-state index in [1.807, 2.05) is 20.8 Å². The molecule has 25 heavy (non-hydrogen) atoms. The first kappa shape index (κ1) is 19.0. The zero-order chi connectivity index (χ0) is 18.6. The third-order valence-electron chi connectivity index (χ3n) is 3.83. The molecule has 0 bridgehead atoms. The van der Waals surface area contributed by atoms with Crippen LogP contribution < -0.4 is 0 Å². The highest BCUT2D eigenvalue weighted by atomic mass is 19.1. The van der Waals surface area contributed by atoms with E-state index in [0.29, 0.717) is 37.3 Å². The molecule has 5 nitrogen and oxygen atoms in total. The number of halogens is 1. The first-order valence-electron chi connectivity index (χ1n) is 8.37. The fraction of sp³-hybridized carbons (Fsp3) is 0.474. The fourth-order valence-corrected chi connectivity index (χ4v) is 2.56. The van der Waals surface area contributed by atoms with Gasteiger partial charge in [0, 0.05) is 37.3 Å². The summed E-state index contributed by atoms with van der Waals surface area (Å²) in [5.74, 6) is -0.503. The monoisotopic (exact) mass is 348 g/mol. The van der Waals surface area contributed by atoms with E-state index in [-0.39, 0.29) is 17.8 Å². The summed E-state index contributed by atoms with van der Waals surface area (Å²) in [6.07, 6.45) is 1.19. The van der Waals surface area contributed by atoms with Crippen LogP contribution in [0.2, 0.25) is 0 Å². The molecule has 0 unspecified atom stereocenters. The second kappa shape index (κ2) is 7.68. The number of hydrogen-bond acceptors (Lipinski definition) is 3. The number of amides is 2. The number of benzene rings is 1. The first-order valence-corrected chi connectivity index (χ1v) is 8.37. The summed E-state index contributed by atoms with van der Waals surface area (Å²) in [7, 11) is 0. The molecule has 1 aliphatic heterocycles. The van der Waals surface area contributed by atoms with Crippen molar-refractivity contribution >= 4 is 18.1 Å². The predicted octanol–water partition coefficient (Wildman–Crippen LogP) is 3.31. The first-order chi connectivity index (χ1) is 11.7. The van der Waals surface area contributed by atoms with Crippen LogP contribution in [0, 0.1) is 5.82 Å². The van der Waals surface area contributed by atoms with Crippen LogP contribution in [0.15, 0.2) is 29.8 Å². The zero-order valence-electron chi connectivity index (χ0n) is 15.2. The number of piperazine rings is 1. The highest BCUT2D eigenvalue weighted by Gasteiger charge is 2.28. The molecular weight excluding hydrogens is 323 g/mol. The lowest BCUT2D eigenvalue weighted by Crippen LogP contribution is -2.51. The molecule has 1 aromatic carbocycles. The van der Waals surface area contributed by atoms with E-state index >= 15 is 0 Å². The minimum Gasteiger partial charge on any atom is -0.444 e. The Labute approximate surface area is 148 Å². The van der Waals surface area contributed by atoms with Gasteiger partial charge in [-0.15, -0.1) is 0 Å². The van der Waals surface area contributed by atoms with Gasteiger partial charge >= 0.3 is 6.09 Å². The van der Waals surface area contributed by atoms with Crippen molar-refractivity contribution in [3.8, 4) is 0 Å². The van der Waals surface area contributed by atoms with Crippen molar-refractivity contribution in [1.29, 1.82) is 0 Å². The average molecular weight is 348 g/mol. The van der Waals surface area contributed by atoms with E-state index < -0.39 is 5.60 Å². The van der Waals surface area contributed by atoms with Crippen molar-refractivity contribution in [3.05, 3.63) is 41.2 Å². The van der Waals surface area contributed by atoms with Gasteiger partial charge in [0.2, 0.25) is 5.91 Å². The van der Waals surface area contributed by atoms with Gasteiger partial charge in [-0.25, -0.2) is 9.18 Å². The largest absolute Gasteiger partial charge is 0.444 e. The van der Waals surface area contributed by atoms with Gasteiger partial charge < -0.3 is 14.5 Å². The molecule has 0 atom stereocenters. The van der Waals surface area contributed by atoms with E-state index in [1.165, 1.54) is 6.07 Å². The van der Waals surface area contributed by atoms with Gasteiger partial charge in [-0.3, -0.25) is 4.79 Å². The molecule has 1 fully saturated rings. The van der Waals surface area contributed by atoms with Crippen LogP contribution in [0.25, 0.3) is 6.08 Å². The SMILES string of the molecule is C/C(=C\c1ccccc1F)C(=O)N1CCN(C(=O)OC(C)(C)C)CC1. The maximum Gasteiger partial charge on any atom is 0.410 e. The Bertz CT molecular complexity index is 671. The number of nitrogens with zero attached hydrogens (tertiary/aromatic N) is 2. The molecule has 1 aliphatic rings. The smallest absolute Gasteiger partial charge is 0.410 e. The second-order valence-corrected chi connectivity index (χ2v) is 7.11. The van der Waals surface area contributed by atoms with Crippen molar-refractivity contribution in [2.75, 3.05) is 26.2 Å². The summed E-state index contributed by atoms with van der Waals surface area (Å²) < 4.78 is 19.0. The minimum absolute atomic E-state index is 0.146. The Hall–Kier alpha value is -2.37. The molecule has 0 aromatic heterocycles. The third-order valence-corrected chi connectivity index (χ3v) is 3.83. The van der Waals surface area contributed by atoms with Crippen LogP contribution in [0.5, 0.6) is 0 Å². The van der Waals surface area contributed by atoms with E-state index in [2.05, 4.69) is 0 Å². The average Bonchev–Trinajstić information content (AvgIpc) is 2.55. The lowest BCUT2D eigenvalue weighted by atomic mass is 10.1. The Balaban J connectivity index is 1.95. The number of rotatable bonds is 2. The van der Waals surface area contributed by atoms with Gasteiger partial charge in [0.25, 0.3) is 0 Å². The molecule has 1 saturated heterocycles. The molecule has 0 spiro atoms. The summed E-state index contributed by atoms with van der Waals surface area (Å²) in [5, 5.41) is 0. The molecule has 0 saturated carbocycles. The maximum atomic E-state index is 13.7. The molecule has 136 valence electrons. The molecule has 6 heteroatoms. The Morgan fingerprint density at radius 1 is 1.08 bits per heavy atom. The summed E-state index contributed by atoms with van der Waals surface area (Å²) in [4.78, 5) is 27.8. The summed E-state index contributed by atoms with van der Waals surface area (Å²) in [6.45, 7) is 8.85. The van der Waals surface area contributed by atoms with E-state index in [0.717, 1.165) is 0 Å². The van der Waals surface area contributed by atoms with Gasteiger partial charge in [0.1, 0.15) is 11.4 Å². The van der Waals surface area contributed by atoms with Crippen LogP contribution in [-0.4, -0.2) is 53.6 Å². The fourth-order valence-electron chi connectivity index (χ4n) is 2.56. The highest BCUT2D eigenvalue weighted by molar-refractivity contribution is 5.97. The van der Waals surface area contributed by atoms with Crippen LogP contribution in [0.4, 0.5) is 9.18 Å². The number of hydrogen-bond donors (Lipinski definition) is 0. The standard InChI is InChI=1S/C19H25FN2O3/c1-14(13-15-7-5-6-8-16(15)20)17(23)21-9-11-22(12-10-21)18(24)25-19(2,3)4/h5-8,13H,9-12H2,1-4H3/b14-13+. The van der Waals surface area contributed by atoms with Crippen molar-refractivity contribution in [3.63, 3.8) is 0 Å². The zero-order valence-corrected chi connectivity index (χ0v) is 15.2. The molecular formula is C19H25FN2O3. The Kier molecular flexibility index (Phi) is 5.82. The maximum absolute atomic E-state index is 13.7. The lowest BCUT2D eigenvalue weighted by molar-refractivity contribution is -0.128. The molecule has 0 aliphatic carbocycles. The summed E-state index contributed by atoms with van der Waals surface area (Å²) >= 11 is 0. The molecule has 1 aromatic rings. The summed E-state index contributed by atoms with van der Waals surface area (Å²) in [5.41, 5.74) is 0.319. The third kappa shape index (κ3) is 5.31. The van der Waals surface area contributed by atoms with Gasteiger partial charge in [-0.1, -0.05) is 18.2 Å². The number of carbonyl (C=O) groups excluding carboxylic acids is 2. The van der Waals surface area contributed by atoms with Gasteiger partial charge in [0.15, 0.2) is 0 Å². The van der Waals surface area contributed by atoms with Gasteiger partial charge in [0.05, 0.1) is 0 Å². The molecule has 2 amide bonds. The Morgan fingerprint density at radius 3 is 2.20 bits per heavy atom. The normalized spacial score (nSPS) is 16.0. The number of carbonyl (C=O) groups is 2. The minimum atomic E-state index is -0.539. The van der Waals surface area contributed by atoms with Crippen molar-refractivity contribution in [2.45, 2.75) is 33.3 Å². The van der Waals surface area contributed by atoms with Crippen LogP contribution in [-0.2, 0) is 9.53 Å².